The highest BCUT2D eigenvalue weighted by Gasteiger charge is 2.35. The third-order valence-electron chi connectivity index (χ3n) is 2.39. The quantitative estimate of drug-likeness (QED) is 0.913. The predicted molar refractivity (Wildman–Crippen MR) is 64.6 cm³/mol. The molecule has 2 rings (SSSR count). The summed E-state index contributed by atoms with van der Waals surface area (Å²) in [5.74, 6) is 0. The maximum absolute atomic E-state index is 12.8. The van der Waals surface area contributed by atoms with Crippen molar-refractivity contribution in [3.8, 4) is 0 Å². The van der Waals surface area contributed by atoms with E-state index in [9.17, 15) is 13.2 Å². The summed E-state index contributed by atoms with van der Waals surface area (Å²) in [5.41, 5.74) is 5.02. The van der Waals surface area contributed by atoms with Gasteiger partial charge < -0.3 is 5.73 Å². The molecule has 0 amide bonds. The molecule has 2 heterocycles. The van der Waals surface area contributed by atoms with Crippen molar-refractivity contribution in [2.45, 2.75) is 12.2 Å². The lowest BCUT2D eigenvalue weighted by atomic mass is 10.0. The lowest BCUT2D eigenvalue weighted by Gasteiger charge is -2.16. The number of nitrogens with two attached hydrogens (primary N) is 1. The van der Waals surface area contributed by atoms with E-state index in [1.165, 1.54) is 0 Å². The summed E-state index contributed by atoms with van der Waals surface area (Å²) in [6, 6.07) is 3.26. The summed E-state index contributed by atoms with van der Waals surface area (Å²) < 4.78 is 39.0. The fourth-order valence-electron chi connectivity index (χ4n) is 1.56. The van der Waals surface area contributed by atoms with Gasteiger partial charge in [-0.15, -0.1) is 11.3 Å². The molecule has 0 aliphatic heterocycles. The number of aromatic nitrogens is 1. The Hall–Kier alpha value is -1.11. The summed E-state index contributed by atoms with van der Waals surface area (Å²) in [5, 5.41) is 0. The van der Waals surface area contributed by atoms with Gasteiger partial charge in [-0.2, -0.15) is 13.2 Å². The molecule has 0 fully saturated rings. The fourth-order valence-corrected chi connectivity index (χ4v) is 2.64. The Balaban J connectivity index is 2.45. The maximum Gasteiger partial charge on any atom is 0.416 e. The monoisotopic (exact) mass is 292 g/mol. The van der Waals surface area contributed by atoms with Crippen LogP contribution in [0.4, 0.5) is 13.2 Å². The van der Waals surface area contributed by atoms with Crippen molar-refractivity contribution in [1.29, 1.82) is 0 Å². The van der Waals surface area contributed by atoms with Gasteiger partial charge in [0.25, 0.3) is 0 Å². The number of pyridine rings is 1. The molecule has 2 aromatic heterocycles. The number of hydrogen-bond acceptors (Lipinski definition) is 3. The number of nitrogens with zero attached hydrogens (tertiary/aromatic N) is 1. The van der Waals surface area contributed by atoms with Crippen LogP contribution in [-0.2, 0) is 6.18 Å². The van der Waals surface area contributed by atoms with E-state index >= 15 is 0 Å². The van der Waals surface area contributed by atoms with Crippen molar-refractivity contribution in [2.75, 3.05) is 0 Å². The first kappa shape index (κ1) is 13.3. The average Bonchev–Trinajstić information content (AvgIpc) is 2.74. The molecule has 0 saturated carbocycles. The molecule has 2 aromatic rings. The molecule has 2 nitrogen and oxygen atoms in total. The van der Waals surface area contributed by atoms with Crippen molar-refractivity contribution in [3.05, 3.63) is 50.9 Å². The van der Waals surface area contributed by atoms with Gasteiger partial charge in [0.1, 0.15) is 0 Å². The van der Waals surface area contributed by atoms with Crippen LogP contribution in [0, 0.1) is 0 Å². The maximum atomic E-state index is 12.8. The van der Waals surface area contributed by atoms with Gasteiger partial charge in [-0.25, -0.2) is 0 Å². The van der Waals surface area contributed by atoms with E-state index in [0.29, 0.717) is 9.21 Å². The van der Waals surface area contributed by atoms with Crippen LogP contribution in [0.15, 0.2) is 30.6 Å². The van der Waals surface area contributed by atoms with Crippen LogP contribution >= 0.6 is 22.9 Å². The van der Waals surface area contributed by atoms with Crippen LogP contribution in [0.3, 0.4) is 0 Å². The summed E-state index contributed by atoms with van der Waals surface area (Å²) in [4.78, 5) is 4.27. The van der Waals surface area contributed by atoms with E-state index in [4.69, 9.17) is 17.3 Å². The topological polar surface area (TPSA) is 38.9 Å². The standard InChI is InChI=1S/C11H8ClF3N2S/c12-9-2-1-8(18-9)10(16)6-5-17-4-3-7(6)11(13,14)15/h1-5,10H,16H2. The van der Waals surface area contributed by atoms with Gasteiger partial charge in [-0.1, -0.05) is 11.6 Å². The molecular formula is C11H8ClF3N2S. The number of alkyl halides is 3. The summed E-state index contributed by atoms with van der Waals surface area (Å²) in [6.07, 6.45) is -2.21. The van der Waals surface area contributed by atoms with E-state index in [2.05, 4.69) is 4.98 Å². The van der Waals surface area contributed by atoms with E-state index in [1.54, 1.807) is 12.1 Å². The third-order valence-corrected chi connectivity index (χ3v) is 3.71. The molecule has 1 atom stereocenters. The van der Waals surface area contributed by atoms with Crippen LogP contribution < -0.4 is 5.73 Å². The zero-order valence-corrected chi connectivity index (χ0v) is 10.5. The normalized spacial score (nSPS) is 13.6. The van der Waals surface area contributed by atoms with Crippen LogP contribution in [0.25, 0.3) is 0 Å². The molecule has 0 aliphatic carbocycles. The second-order valence-electron chi connectivity index (χ2n) is 3.58. The number of thiophene rings is 1. The highest BCUT2D eigenvalue weighted by atomic mass is 35.5. The Labute approximate surface area is 110 Å². The van der Waals surface area contributed by atoms with Crippen LogP contribution in [0.2, 0.25) is 4.34 Å². The Morgan fingerprint density at radius 2 is 2.00 bits per heavy atom. The average molecular weight is 293 g/mol. The first-order valence-electron chi connectivity index (χ1n) is 4.91. The van der Waals surface area contributed by atoms with Crippen molar-refractivity contribution in [3.63, 3.8) is 0 Å². The van der Waals surface area contributed by atoms with Crippen molar-refractivity contribution < 1.29 is 13.2 Å². The molecule has 0 aliphatic rings. The van der Waals surface area contributed by atoms with Gasteiger partial charge in [0, 0.05) is 22.8 Å². The van der Waals surface area contributed by atoms with Crippen molar-refractivity contribution in [2.24, 2.45) is 5.73 Å². The predicted octanol–water partition coefficient (Wildman–Crippen LogP) is 3.86. The lowest BCUT2D eigenvalue weighted by Crippen LogP contribution is -2.18. The number of hydrogen-bond donors (Lipinski definition) is 1. The Morgan fingerprint density at radius 1 is 1.28 bits per heavy atom. The van der Waals surface area contributed by atoms with Gasteiger partial charge >= 0.3 is 6.18 Å². The summed E-state index contributed by atoms with van der Waals surface area (Å²) >= 11 is 6.90. The summed E-state index contributed by atoms with van der Waals surface area (Å²) in [6.45, 7) is 0. The molecule has 0 saturated heterocycles. The smallest absolute Gasteiger partial charge is 0.320 e. The Kier molecular flexibility index (Phi) is 3.61. The highest BCUT2D eigenvalue weighted by molar-refractivity contribution is 7.16. The number of halogens is 4. The minimum Gasteiger partial charge on any atom is -0.320 e. The summed E-state index contributed by atoms with van der Waals surface area (Å²) in [7, 11) is 0. The molecule has 7 heteroatoms. The van der Waals surface area contributed by atoms with E-state index in [-0.39, 0.29) is 5.56 Å². The van der Waals surface area contributed by atoms with Crippen LogP contribution in [0.1, 0.15) is 22.0 Å². The lowest BCUT2D eigenvalue weighted by molar-refractivity contribution is -0.138. The second-order valence-corrected chi connectivity index (χ2v) is 5.33. The molecule has 0 spiro atoms. The van der Waals surface area contributed by atoms with Gasteiger partial charge in [-0.05, 0) is 18.2 Å². The van der Waals surface area contributed by atoms with E-state index < -0.39 is 17.8 Å². The molecule has 0 aromatic carbocycles. The van der Waals surface area contributed by atoms with E-state index in [0.717, 1.165) is 29.8 Å². The van der Waals surface area contributed by atoms with Gasteiger partial charge in [-0.3, -0.25) is 4.98 Å². The van der Waals surface area contributed by atoms with E-state index in [1.807, 2.05) is 0 Å². The molecular weight excluding hydrogens is 285 g/mol. The first-order chi connectivity index (χ1) is 8.39. The van der Waals surface area contributed by atoms with Crippen LogP contribution in [-0.4, -0.2) is 4.98 Å². The molecule has 0 bridgehead atoms. The van der Waals surface area contributed by atoms with Gasteiger partial charge in [0.05, 0.1) is 15.9 Å². The minimum atomic E-state index is -4.45. The van der Waals surface area contributed by atoms with Crippen LogP contribution in [0.5, 0.6) is 0 Å². The zero-order chi connectivity index (χ0) is 13.3. The molecule has 96 valence electrons. The second kappa shape index (κ2) is 4.87. The van der Waals surface area contributed by atoms with Gasteiger partial charge in [0.15, 0.2) is 0 Å². The number of rotatable bonds is 2. The Bertz CT molecular complexity index is 553. The largest absolute Gasteiger partial charge is 0.416 e. The molecule has 2 N–H and O–H groups in total. The molecule has 18 heavy (non-hydrogen) atoms. The van der Waals surface area contributed by atoms with Crippen molar-refractivity contribution in [1.82, 2.24) is 4.98 Å². The molecule has 1 unspecified atom stereocenters. The minimum absolute atomic E-state index is 0.0523. The zero-order valence-electron chi connectivity index (χ0n) is 8.91. The first-order valence-corrected chi connectivity index (χ1v) is 6.11. The third kappa shape index (κ3) is 2.66. The van der Waals surface area contributed by atoms with Crippen molar-refractivity contribution >= 4 is 22.9 Å². The highest BCUT2D eigenvalue weighted by Crippen LogP contribution is 2.37. The SMILES string of the molecule is NC(c1ccc(Cl)s1)c1cnccc1C(F)(F)F. The Morgan fingerprint density at radius 3 is 2.56 bits per heavy atom. The van der Waals surface area contributed by atoms with Gasteiger partial charge in [0.2, 0.25) is 0 Å². The molecule has 0 radical (unpaired) electrons. The fraction of sp³-hybridized carbons (Fsp3) is 0.182.